The third kappa shape index (κ3) is 15.5. The molecule has 218 valence electrons. The Morgan fingerprint density at radius 3 is 1.59 bits per heavy atom. The van der Waals surface area contributed by atoms with Gasteiger partial charge in [0.05, 0.1) is 0 Å². The van der Waals surface area contributed by atoms with Crippen molar-refractivity contribution in [2.75, 3.05) is 0 Å². The van der Waals surface area contributed by atoms with Crippen molar-refractivity contribution >= 4 is 6.08 Å². The second-order valence-corrected chi connectivity index (χ2v) is 11.1. The van der Waals surface area contributed by atoms with Crippen LogP contribution in [0.25, 0.3) is 6.08 Å². The third-order valence-corrected chi connectivity index (χ3v) is 6.74. The summed E-state index contributed by atoms with van der Waals surface area (Å²) in [7, 11) is 0. The zero-order valence-electron chi connectivity index (χ0n) is 27.2. The van der Waals surface area contributed by atoms with E-state index in [1.54, 1.807) is 0 Å². The van der Waals surface area contributed by atoms with Crippen molar-refractivity contribution in [3.8, 4) is 5.75 Å². The summed E-state index contributed by atoms with van der Waals surface area (Å²) >= 11 is 0. The minimum Gasteiger partial charge on any atom is -0.508 e. The maximum atomic E-state index is 10.0. The number of allylic oxidation sites excluding steroid dienone is 21. The Balaban J connectivity index is 2.63. The smallest absolute Gasteiger partial charge is 0.119 e. The molecule has 0 amide bonds. The molecule has 0 aliphatic heterocycles. The molecule has 1 N–H and O–H groups in total. The predicted octanol–water partition coefficient (Wildman–Crippen LogP) is 12.0. The van der Waals surface area contributed by atoms with Crippen LogP contribution in [0.1, 0.15) is 83.6 Å². The van der Waals surface area contributed by atoms with E-state index in [1.807, 2.05) is 19.9 Å². The Kier molecular flexibility index (Phi) is 16.5. The summed E-state index contributed by atoms with van der Waals surface area (Å²) in [6.07, 6.45) is 36.3. The maximum Gasteiger partial charge on any atom is 0.119 e. The van der Waals surface area contributed by atoms with Crippen molar-refractivity contribution < 1.29 is 5.11 Å². The predicted molar refractivity (Wildman–Crippen MR) is 185 cm³/mol. The van der Waals surface area contributed by atoms with Gasteiger partial charge in [-0.2, -0.15) is 0 Å². The van der Waals surface area contributed by atoms with Gasteiger partial charge in [-0.05, 0) is 110 Å². The number of hydrogen-bond donors (Lipinski definition) is 1. The zero-order valence-corrected chi connectivity index (χ0v) is 27.2. The van der Waals surface area contributed by atoms with E-state index >= 15 is 0 Å². The van der Waals surface area contributed by atoms with E-state index in [0.29, 0.717) is 5.75 Å². The van der Waals surface area contributed by atoms with Crippen LogP contribution >= 0.6 is 0 Å². The van der Waals surface area contributed by atoms with Gasteiger partial charge in [-0.15, -0.1) is 0 Å². The van der Waals surface area contributed by atoms with Crippen molar-refractivity contribution in [1.29, 1.82) is 0 Å². The largest absolute Gasteiger partial charge is 0.508 e. The SMILES string of the molecule is CC(C)=CCC/C(C)=C/C=C/C(C)=C/C=C/C(C)=C/C=C/C=C(C)/C=C/C=C(C)/C=C/c1c(C)cc(O)c(C)c1C. The number of hydrogen-bond acceptors (Lipinski definition) is 1. The lowest BCUT2D eigenvalue weighted by Crippen LogP contribution is -1.91. The summed E-state index contributed by atoms with van der Waals surface area (Å²) in [6.45, 7) is 21.0. The molecule has 1 aromatic rings. The first-order valence-electron chi connectivity index (χ1n) is 14.6. The highest BCUT2D eigenvalue weighted by Gasteiger charge is 2.06. The van der Waals surface area contributed by atoms with Crippen molar-refractivity contribution in [2.24, 2.45) is 0 Å². The molecule has 0 unspecified atom stereocenters. The highest BCUT2D eigenvalue weighted by Crippen LogP contribution is 2.27. The molecule has 0 fully saturated rings. The van der Waals surface area contributed by atoms with Gasteiger partial charge in [0, 0.05) is 0 Å². The van der Waals surface area contributed by atoms with Crippen LogP contribution in [0.2, 0.25) is 0 Å². The van der Waals surface area contributed by atoms with Gasteiger partial charge in [0.25, 0.3) is 0 Å². The van der Waals surface area contributed by atoms with Crippen molar-refractivity contribution in [3.05, 3.63) is 153 Å². The number of rotatable bonds is 13. The Labute approximate surface area is 251 Å². The second-order valence-electron chi connectivity index (χ2n) is 11.1. The fraction of sp³-hybridized carbons (Fsp3) is 0.300. The first-order chi connectivity index (χ1) is 19.4. The highest BCUT2D eigenvalue weighted by atomic mass is 16.3. The molecule has 0 atom stereocenters. The Morgan fingerprint density at radius 1 is 0.610 bits per heavy atom. The quantitative estimate of drug-likeness (QED) is 0.192. The van der Waals surface area contributed by atoms with Gasteiger partial charge < -0.3 is 5.11 Å². The number of phenols is 1. The molecule has 1 heteroatoms. The number of aryl methyl sites for hydroxylation is 1. The van der Waals surface area contributed by atoms with E-state index in [2.05, 4.69) is 153 Å². The molecule has 1 rings (SSSR count). The molecule has 0 saturated carbocycles. The van der Waals surface area contributed by atoms with E-state index in [9.17, 15) is 5.11 Å². The molecule has 0 bridgehead atoms. The fourth-order valence-corrected chi connectivity index (χ4v) is 3.93. The monoisotopic (exact) mass is 548 g/mol. The first-order valence-corrected chi connectivity index (χ1v) is 14.6. The van der Waals surface area contributed by atoms with Crippen LogP contribution in [0.15, 0.2) is 131 Å². The van der Waals surface area contributed by atoms with E-state index < -0.39 is 0 Å². The molecule has 0 aliphatic rings. The minimum atomic E-state index is 0.363. The van der Waals surface area contributed by atoms with Gasteiger partial charge in [0.1, 0.15) is 5.75 Å². The maximum absolute atomic E-state index is 10.0. The van der Waals surface area contributed by atoms with Gasteiger partial charge in [-0.1, -0.05) is 131 Å². The van der Waals surface area contributed by atoms with E-state index in [1.165, 1.54) is 39.0 Å². The molecule has 0 aliphatic carbocycles. The minimum absolute atomic E-state index is 0.363. The van der Waals surface area contributed by atoms with Crippen LogP contribution < -0.4 is 0 Å². The second kappa shape index (κ2) is 19.3. The Bertz CT molecular complexity index is 1350. The molecular weight excluding hydrogens is 496 g/mol. The molecule has 0 saturated heterocycles. The molecular formula is C40H52O. The Morgan fingerprint density at radius 2 is 1.07 bits per heavy atom. The number of aromatic hydroxyl groups is 1. The van der Waals surface area contributed by atoms with Gasteiger partial charge in [0.2, 0.25) is 0 Å². The average molecular weight is 549 g/mol. The van der Waals surface area contributed by atoms with Gasteiger partial charge in [-0.25, -0.2) is 0 Å². The lowest BCUT2D eigenvalue weighted by molar-refractivity contribution is 0.470. The van der Waals surface area contributed by atoms with Crippen LogP contribution in [0.3, 0.4) is 0 Å². The van der Waals surface area contributed by atoms with Crippen LogP contribution in [-0.4, -0.2) is 5.11 Å². The highest BCUT2D eigenvalue weighted by molar-refractivity contribution is 5.64. The van der Waals surface area contributed by atoms with Crippen LogP contribution in [0, 0.1) is 20.8 Å². The standard InChI is InChI=1S/C40H52O/c1-30(2)17-13-20-33(5)23-15-25-34(6)24-14-21-31(3)18-11-12-19-32(4)22-16-26-35(7)27-28-39-36(8)29-40(41)38(10)37(39)9/h11-12,14-19,21-29,41H,13,20H2,1-10H3/b12-11+,21-14+,22-16+,25-15+,28-27+,31-18+,32-19+,33-23+,34-24+,35-26+. The lowest BCUT2D eigenvalue weighted by atomic mass is 9.96. The zero-order chi connectivity index (χ0) is 30.8. The van der Waals surface area contributed by atoms with Crippen LogP contribution in [0.5, 0.6) is 5.75 Å². The summed E-state index contributed by atoms with van der Waals surface area (Å²) < 4.78 is 0. The molecule has 0 radical (unpaired) electrons. The normalized spacial score (nSPS) is 14.6. The van der Waals surface area contributed by atoms with Crippen molar-refractivity contribution in [3.63, 3.8) is 0 Å². The van der Waals surface area contributed by atoms with Gasteiger partial charge in [-0.3, -0.25) is 0 Å². The average Bonchev–Trinajstić information content (AvgIpc) is 2.89. The van der Waals surface area contributed by atoms with Crippen molar-refractivity contribution in [2.45, 2.75) is 82.1 Å². The molecule has 1 aromatic carbocycles. The summed E-state index contributed by atoms with van der Waals surface area (Å²) in [5.41, 5.74) is 11.9. The number of phenolic OH excluding ortho intramolecular Hbond substituents is 1. The summed E-state index contributed by atoms with van der Waals surface area (Å²) in [5, 5.41) is 10.0. The molecule has 0 aromatic heterocycles. The van der Waals surface area contributed by atoms with E-state index in [4.69, 9.17) is 0 Å². The topological polar surface area (TPSA) is 20.2 Å². The summed E-state index contributed by atoms with van der Waals surface area (Å²) in [4.78, 5) is 0. The fourth-order valence-electron chi connectivity index (χ4n) is 3.93. The van der Waals surface area contributed by atoms with Gasteiger partial charge in [0.15, 0.2) is 0 Å². The van der Waals surface area contributed by atoms with Crippen LogP contribution in [0.4, 0.5) is 0 Å². The lowest BCUT2D eigenvalue weighted by Gasteiger charge is -2.10. The third-order valence-electron chi connectivity index (χ3n) is 6.74. The van der Waals surface area contributed by atoms with E-state index in [-0.39, 0.29) is 0 Å². The van der Waals surface area contributed by atoms with E-state index in [0.717, 1.165) is 29.5 Å². The Hall–Kier alpha value is -3.84. The number of benzene rings is 1. The van der Waals surface area contributed by atoms with Crippen molar-refractivity contribution in [1.82, 2.24) is 0 Å². The first kappa shape index (κ1) is 35.2. The molecule has 41 heavy (non-hydrogen) atoms. The summed E-state index contributed by atoms with van der Waals surface area (Å²) in [5.74, 6) is 0.363. The molecule has 0 heterocycles. The molecule has 0 spiro atoms. The van der Waals surface area contributed by atoms with Crippen LogP contribution in [-0.2, 0) is 0 Å². The van der Waals surface area contributed by atoms with Gasteiger partial charge >= 0.3 is 0 Å². The summed E-state index contributed by atoms with van der Waals surface area (Å²) in [6, 6.07) is 1.83. The molecule has 1 nitrogen and oxygen atoms in total.